The van der Waals surface area contributed by atoms with Crippen LogP contribution in [0.15, 0.2) is 267 Å². The van der Waals surface area contributed by atoms with Gasteiger partial charge in [0, 0.05) is 55.4 Å². The maximum Gasteiger partial charge on any atom is 0.0979 e. The van der Waals surface area contributed by atoms with E-state index in [0.717, 1.165) is 67.1 Å². The van der Waals surface area contributed by atoms with E-state index >= 15 is 0 Å². The monoisotopic (exact) mass is 952 g/mol. The number of benzene rings is 12. The summed E-state index contributed by atoms with van der Waals surface area (Å²) in [7, 11) is 0. The summed E-state index contributed by atoms with van der Waals surface area (Å²) in [6.45, 7) is 0. The van der Waals surface area contributed by atoms with Crippen LogP contribution < -0.4 is 4.90 Å². The predicted molar refractivity (Wildman–Crippen MR) is 311 cm³/mol. The van der Waals surface area contributed by atoms with Crippen LogP contribution >= 0.6 is 0 Å². The minimum atomic E-state index is -0.493. The summed E-state index contributed by atoms with van der Waals surface area (Å²) in [5, 5.41) is 7.02. The molecule has 2 aromatic heterocycles. The molecule has 4 heteroatoms. The van der Waals surface area contributed by atoms with Gasteiger partial charge >= 0.3 is 0 Å². The van der Waals surface area contributed by atoms with Gasteiger partial charge in [-0.25, -0.2) is 9.97 Å². The average Bonchev–Trinajstić information content (AvgIpc) is 4.10. The zero-order chi connectivity index (χ0) is 49.2. The molecule has 2 aliphatic rings. The quantitative estimate of drug-likeness (QED) is 0.156. The van der Waals surface area contributed by atoms with Crippen LogP contribution in [-0.2, 0) is 5.41 Å². The van der Waals surface area contributed by atoms with Crippen molar-refractivity contribution in [2.75, 3.05) is 4.90 Å². The second kappa shape index (κ2) is 16.1. The van der Waals surface area contributed by atoms with Crippen LogP contribution in [-0.4, -0.2) is 14.5 Å². The zero-order valence-corrected chi connectivity index (χ0v) is 40.7. The van der Waals surface area contributed by atoms with Crippen LogP contribution in [0.3, 0.4) is 0 Å². The Morgan fingerprint density at radius 3 is 1.21 bits per heavy atom. The van der Waals surface area contributed by atoms with Gasteiger partial charge in [0.25, 0.3) is 0 Å². The molecule has 0 unspecified atom stereocenters. The standard InChI is InChI=1S/C71H44N4/c1-2-18-47(19-3-1)74(49-39-41-50(42-40-49)75-65-32-16-11-25-57(65)58-26-12-17-33-66(58)75)48-37-34-45(35-38-48)67-68(73-70-60-28-7-5-21-52(60)51-20-4-6-27-59(51)69(70)72-67)46-36-43-56-55-24-10-15-31-63(55)71(64(56)44-46)61-29-13-8-22-53(61)54-23-9-14-30-62(54)71/h1-44H. The van der Waals surface area contributed by atoms with E-state index in [1.165, 1.54) is 77.1 Å². The van der Waals surface area contributed by atoms with Gasteiger partial charge in [0.15, 0.2) is 0 Å². The van der Waals surface area contributed by atoms with Gasteiger partial charge in [-0.1, -0.05) is 200 Å². The Balaban J connectivity index is 0.887. The topological polar surface area (TPSA) is 34.0 Å². The number of para-hydroxylation sites is 3. The summed E-state index contributed by atoms with van der Waals surface area (Å²) in [6.07, 6.45) is 0. The van der Waals surface area contributed by atoms with Crippen molar-refractivity contribution in [2.24, 2.45) is 0 Å². The normalized spacial score (nSPS) is 12.9. The highest BCUT2D eigenvalue weighted by Crippen LogP contribution is 2.63. The molecule has 0 amide bonds. The SMILES string of the molecule is c1ccc(N(c2ccc(-c3nc4c5ccccc5c5ccccc5c4nc3-c3ccc4c(c3)C3(c5ccccc5-c5ccccc53)c3ccccc3-4)cc2)c2ccc(-n3c4ccccc4c4ccccc43)cc2)cc1. The smallest absolute Gasteiger partial charge is 0.0979 e. The van der Waals surface area contributed by atoms with Crippen LogP contribution in [0.1, 0.15) is 22.3 Å². The summed E-state index contributed by atoms with van der Waals surface area (Å²) in [6, 6.07) is 97.3. The predicted octanol–water partition coefficient (Wildman–Crippen LogP) is 18.2. The Hall–Kier alpha value is -9.90. The van der Waals surface area contributed by atoms with Crippen molar-refractivity contribution in [3.63, 3.8) is 0 Å². The lowest BCUT2D eigenvalue weighted by atomic mass is 9.70. The molecular formula is C71H44N4. The van der Waals surface area contributed by atoms with Crippen molar-refractivity contribution in [1.82, 2.24) is 14.5 Å². The molecule has 348 valence electrons. The number of fused-ring (bicyclic) bond motifs is 19. The van der Waals surface area contributed by atoms with Crippen LogP contribution in [0.5, 0.6) is 0 Å². The molecule has 4 nitrogen and oxygen atoms in total. The van der Waals surface area contributed by atoms with Crippen molar-refractivity contribution < 1.29 is 0 Å². The Bertz CT molecular complexity index is 4530. The van der Waals surface area contributed by atoms with E-state index in [9.17, 15) is 0 Å². The van der Waals surface area contributed by atoms with Crippen molar-refractivity contribution in [3.8, 4) is 50.5 Å². The van der Waals surface area contributed by atoms with E-state index in [1.54, 1.807) is 0 Å². The van der Waals surface area contributed by atoms with Crippen LogP contribution in [0.4, 0.5) is 17.1 Å². The molecule has 2 aliphatic carbocycles. The summed E-state index contributed by atoms with van der Waals surface area (Å²) in [5.74, 6) is 0. The van der Waals surface area contributed by atoms with Crippen molar-refractivity contribution in [3.05, 3.63) is 289 Å². The number of rotatable bonds is 6. The summed E-state index contributed by atoms with van der Waals surface area (Å²) < 4.78 is 2.37. The highest BCUT2D eigenvalue weighted by atomic mass is 15.1. The first-order valence-corrected chi connectivity index (χ1v) is 25.8. The molecular weight excluding hydrogens is 909 g/mol. The fourth-order valence-corrected chi connectivity index (χ4v) is 13.0. The number of nitrogens with zero attached hydrogens (tertiary/aromatic N) is 4. The van der Waals surface area contributed by atoms with E-state index in [-0.39, 0.29) is 0 Å². The summed E-state index contributed by atoms with van der Waals surface area (Å²) in [4.78, 5) is 13.9. The summed E-state index contributed by atoms with van der Waals surface area (Å²) >= 11 is 0. The molecule has 75 heavy (non-hydrogen) atoms. The molecule has 0 saturated heterocycles. The second-order valence-corrected chi connectivity index (χ2v) is 20.0. The van der Waals surface area contributed by atoms with E-state index in [4.69, 9.17) is 9.97 Å². The highest BCUT2D eigenvalue weighted by Gasteiger charge is 2.51. The largest absolute Gasteiger partial charge is 0.311 e. The minimum absolute atomic E-state index is 0.493. The lowest BCUT2D eigenvalue weighted by Gasteiger charge is -2.30. The van der Waals surface area contributed by atoms with Gasteiger partial charge in [-0.05, 0) is 122 Å². The van der Waals surface area contributed by atoms with Crippen molar-refractivity contribution >= 4 is 71.4 Å². The lowest BCUT2D eigenvalue weighted by molar-refractivity contribution is 0.794. The number of anilines is 3. The van der Waals surface area contributed by atoms with E-state index in [0.29, 0.717) is 0 Å². The summed E-state index contributed by atoms with van der Waals surface area (Å²) in [5.41, 5.74) is 22.0. The molecule has 0 saturated carbocycles. The maximum atomic E-state index is 5.82. The van der Waals surface area contributed by atoms with E-state index < -0.39 is 5.41 Å². The first-order chi connectivity index (χ1) is 37.2. The fourth-order valence-electron chi connectivity index (χ4n) is 13.0. The lowest BCUT2D eigenvalue weighted by Crippen LogP contribution is -2.25. The Morgan fingerprint density at radius 1 is 0.293 bits per heavy atom. The van der Waals surface area contributed by atoms with Gasteiger partial charge in [-0.15, -0.1) is 0 Å². The third-order valence-corrected chi connectivity index (χ3v) is 16.2. The van der Waals surface area contributed by atoms with Crippen LogP contribution in [0, 0.1) is 0 Å². The van der Waals surface area contributed by atoms with Gasteiger partial charge in [-0.3, -0.25) is 0 Å². The Kier molecular flexibility index (Phi) is 8.92. The van der Waals surface area contributed by atoms with Crippen molar-refractivity contribution in [2.45, 2.75) is 5.41 Å². The second-order valence-electron chi connectivity index (χ2n) is 20.0. The Morgan fingerprint density at radius 2 is 0.680 bits per heavy atom. The molecule has 12 aromatic carbocycles. The molecule has 0 bridgehead atoms. The molecule has 14 aromatic rings. The van der Waals surface area contributed by atoms with Gasteiger partial charge in [-0.2, -0.15) is 0 Å². The molecule has 0 radical (unpaired) electrons. The molecule has 1 spiro atoms. The average molecular weight is 953 g/mol. The minimum Gasteiger partial charge on any atom is -0.311 e. The Labute approximate surface area is 433 Å². The molecule has 0 fully saturated rings. The van der Waals surface area contributed by atoms with Crippen molar-refractivity contribution in [1.29, 1.82) is 0 Å². The van der Waals surface area contributed by atoms with E-state index in [2.05, 4.69) is 276 Å². The van der Waals surface area contributed by atoms with Gasteiger partial charge in [0.2, 0.25) is 0 Å². The molecule has 16 rings (SSSR count). The third kappa shape index (κ3) is 5.93. The zero-order valence-electron chi connectivity index (χ0n) is 40.7. The third-order valence-electron chi connectivity index (χ3n) is 16.2. The maximum absolute atomic E-state index is 5.82. The van der Waals surface area contributed by atoms with Crippen LogP contribution in [0.2, 0.25) is 0 Å². The highest BCUT2D eigenvalue weighted by molar-refractivity contribution is 6.23. The van der Waals surface area contributed by atoms with Gasteiger partial charge < -0.3 is 9.47 Å². The number of hydrogen-bond acceptors (Lipinski definition) is 3. The number of aromatic nitrogens is 3. The van der Waals surface area contributed by atoms with Gasteiger partial charge in [0.05, 0.1) is 38.9 Å². The first kappa shape index (κ1) is 41.7. The fraction of sp³-hybridized carbons (Fsp3) is 0.0141. The first-order valence-electron chi connectivity index (χ1n) is 25.8. The van der Waals surface area contributed by atoms with Gasteiger partial charge in [0.1, 0.15) is 0 Å². The molecule has 2 heterocycles. The number of hydrogen-bond donors (Lipinski definition) is 0. The molecule has 0 aliphatic heterocycles. The van der Waals surface area contributed by atoms with Crippen LogP contribution in [0.25, 0.3) is 105 Å². The van der Waals surface area contributed by atoms with E-state index in [1.807, 2.05) is 0 Å². The molecule has 0 atom stereocenters. The molecule has 0 N–H and O–H groups in total.